The highest BCUT2D eigenvalue weighted by atomic mass is 14.9. The fraction of sp³-hybridized carbons (Fsp3) is 1.00. The molecule has 1 aliphatic carbocycles. The second kappa shape index (κ2) is 6.42. The van der Waals surface area contributed by atoms with Crippen molar-refractivity contribution in [3.63, 3.8) is 0 Å². The molecule has 13 heavy (non-hydrogen) atoms. The van der Waals surface area contributed by atoms with Gasteiger partial charge in [0.1, 0.15) is 0 Å². The van der Waals surface area contributed by atoms with Crippen molar-refractivity contribution in [3.8, 4) is 0 Å². The third-order valence-electron chi connectivity index (χ3n) is 3.32. The second-order valence-corrected chi connectivity index (χ2v) is 4.45. The molecule has 1 aliphatic rings. The molecule has 0 aromatic heterocycles. The minimum atomic E-state index is 0.838. The van der Waals surface area contributed by atoms with Gasteiger partial charge in [0.25, 0.3) is 0 Å². The topological polar surface area (TPSA) is 12.0 Å². The highest BCUT2D eigenvalue weighted by molar-refractivity contribution is 4.76. The summed E-state index contributed by atoms with van der Waals surface area (Å²) in [6.45, 7) is 5.83. The van der Waals surface area contributed by atoms with Gasteiger partial charge in [-0.15, -0.1) is 0 Å². The van der Waals surface area contributed by atoms with E-state index in [-0.39, 0.29) is 0 Å². The van der Waals surface area contributed by atoms with Crippen LogP contribution in [0.1, 0.15) is 58.8 Å². The van der Waals surface area contributed by atoms with E-state index in [4.69, 9.17) is 0 Å². The molecule has 0 radical (unpaired) electrons. The number of hydrogen-bond acceptors (Lipinski definition) is 1. The van der Waals surface area contributed by atoms with Crippen molar-refractivity contribution in [2.45, 2.75) is 64.8 Å². The van der Waals surface area contributed by atoms with Crippen LogP contribution in [0.4, 0.5) is 0 Å². The Morgan fingerprint density at radius 3 is 2.77 bits per heavy atom. The third-order valence-corrected chi connectivity index (χ3v) is 3.32. The van der Waals surface area contributed by atoms with Gasteiger partial charge >= 0.3 is 0 Å². The van der Waals surface area contributed by atoms with Crippen LogP contribution in [0.15, 0.2) is 0 Å². The molecule has 78 valence electrons. The fourth-order valence-electron chi connectivity index (χ4n) is 2.33. The number of nitrogens with one attached hydrogen (secondary N) is 1. The largest absolute Gasteiger partial charge is 0.314 e. The zero-order valence-corrected chi connectivity index (χ0v) is 9.31. The highest BCUT2D eigenvalue weighted by Crippen LogP contribution is 2.26. The Morgan fingerprint density at radius 2 is 2.08 bits per heavy atom. The first-order valence-electron chi connectivity index (χ1n) is 6.10. The summed E-state index contributed by atoms with van der Waals surface area (Å²) in [5, 5.41) is 3.69. The van der Waals surface area contributed by atoms with Crippen LogP contribution in [0, 0.1) is 5.92 Å². The molecule has 0 bridgehead atoms. The first-order valence-corrected chi connectivity index (χ1v) is 6.10. The van der Waals surface area contributed by atoms with Gasteiger partial charge in [0.2, 0.25) is 0 Å². The maximum Gasteiger partial charge on any atom is 0.00697 e. The molecule has 0 amide bonds. The highest BCUT2D eigenvalue weighted by Gasteiger charge is 2.19. The maximum absolute atomic E-state index is 3.69. The van der Waals surface area contributed by atoms with E-state index in [1.807, 2.05) is 0 Å². The monoisotopic (exact) mass is 183 g/mol. The fourth-order valence-corrected chi connectivity index (χ4v) is 2.33. The van der Waals surface area contributed by atoms with Crippen LogP contribution < -0.4 is 5.32 Å². The Balaban J connectivity index is 2.11. The van der Waals surface area contributed by atoms with Crippen molar-refractivity contribution in [3.05, 3.63) is 0 Å². The van der Waals surface area contributed by atoms with E-state index in [0.717, 1.165) is 12.0 Å². The van der Waals surface area contributed by atoms with Crippen LogP contribution in [0.3, 0.4) is 0 Å². The molecule has 0 aromatic carbocycles. The van der Waals surface area contributed by atoms with E-state index in [9.17, 15) is 0 Å². The Hall–Kier alpha value is -0.0400. The second-order valence-electron chi connectivity index (χ2n) is 4.45. The number of rotatable bonds is 5. The predicted octanol–water partition coefficient (Wildman–Crippen LogP) is 3.34. The summed E-state index contributed by atoms with van der Waals surface area (Å²) in [5.41, 5.74) is 0. The van der Waals surface area contributed by atoms with E-state index in [1.54, 1.807) is 0 Å². The van der Waals surface area contributed by atoms with Gasteiger partial charge in [-0.25, -0.2) is 0 Å². The first-order chi connectivity index (χ1) is 6.36. The third kappa shape index (κ3) is 4.12. The van der Waals surface area contributed by atoms with Gasteiger partial charge in [0.15, 0.2) is 0 Å². The Bertz CT molecular complexity index is 122. The van der Waals surface area contributed by atoms with Crippen LogP contribution in [0.5, 0.6) is 0 Å². The molecular formula is C12H25N. The predicted molar refractivity (Wildman–Crippen MR) is 58.9 cm³/mol. The summed E-state index contributed by atoms with van der Waals surface area (Å²) in [6, 6.07) is 0.838. The molecule has 0 spiro atoms. The molecule has 0 aliphatic heterocycles. The molecule has 1 nitrogen and oxygen atoms in total. The van der Waals surface area contributed by atoms with Crippen LogP contribution in [-0.4, -0.2) is 12.6 Å². The molecule has 1 fully saturated rings. The van der Waals surface area contributed by atoms with E-state index in [1.165, 1.54) is 51.5 Å². The summed E-state index contributed by atoms with van der Waals surface area (Å²) >= 11 is 0. The number of hydrogen-bond donors (Lipinski definition) is 1. The van der Waals surface area contributed by atoms with Crippen molar-refractivity contribution >= 4 is 0 Å². The smallest absolute Gasteiger partial charge is 0.00697 e. The molecule has 2 atom stereocenters. The first kappa shape index (κ1) is 11.0. The molecule has 1 saturated carbocycles. The van der Waals surface area contributed by atoms with E-state index >= 15 is 0 Å². The van der Waals surface area contributed by atoms with Gasteiger partial charge in [0.05, 0.1) is 0 Å². The molecule has 0 heterocycles. The lowest BCUT2D eigenvalue weighted by Gasteiger charge is -2.29. The summed E-state index contributed by atoms with van der Waals surface area (Å²) < 4.78 is 0. The van der Waals surface area contributed by atoms with Crippen LogP contribution in [-0.2, 0) is 0 Å². The molecule has 1 N–H and O–H groups in total. The van der Waals surface area contributed by atoms with Crippen molar-refractivity contribution < 1.29 is 0 Å². The summed E-state index contributed by atoms with van der Waals surface area (Å²) in [4.78, 5) is 0. The van der Waals surface area contributed by atoms with E-state index in [0.29, 0.717) is 0 Å². The van der Waals surface area contributed by atoms with Crippen molar-refractivity contribution in [2.75, 3.05) is 6.54 Å². The number of unbranched alkanes of at least 4 members (excludes halogenated alkanes) is 1. The molecule has 2 unspecified atom stereocenters. The summed E-state index contributed by atoms with van der Waals surface area (Å²) in [7, 11) is 0. The van der Waals surface area contributed by atoms with Gasteiger partial charge in [-0.1, -0.05) is 39.5 Å². The standard InChI is InChI=1S/C12H25N/c1-3-5-9-13-12-8-6-7-11(4-2)10-12/h11-13H,3-10H2,1-2H3. The maximum atomic E-state index is 3.69. The van der Waals surface area contributed by atoms with Crippen LogP contribution in [0.2, 0.25) is 0 Å². The zero-order valence-electron chi connectivity index (χ0n) is 9.31. The lowest BCUT2D eigenvalue weighted by molar-refractivity contribution is 0.279. The summed E-state index contributed by atoms with van der Waals surface area (Å²) in [6.07, 6.45) is 9.81. The van der Waals surface area contributed by atoms with Gasteiger partial charge < -0.3 is 5.32 Å². The van der Waals surface area contributed by atoms with Crippen molar-refractivity contribution in [1.82, 2.24) is 5.32 Å². The minimum Gasteiger partial charge on any atom is -0.314 e. The van der Waals surface area contributed by atoms with E-state index < -0.39 is 0 Å². The van der Waals surface area contributed by atoms with Crippen molar-refractivity contribution in [1.29, 1.82) is 0 Å². The average molecular weight is 183 g/mol. The van der Waals surface area contributed by atoms with Gasteiger partial charge in [-0.05, 0) is 31.7 Å². The molecule has 1 heteroatoms. The van der Waals surface area contributed by atoms with Gasteiger partial charge in [-0.2, -0.15) is 0 Å². The lowest BCUT2D eigenvalue weighted by atomic mass is 9.84. The van der Waals surface area contributed by atoms with Gasteiger partial charge in [0, 0.05) is 6.04 Å². The average Bonchev–Trinajstić information content (AvgIpc) is 2.19. The Labute approximate surface area is 83.3 Å². The summed E-state index contributed by atoms with van der Waals surface area (Å²) in [5.74, 6) is 1.01. The molecular weight excluding hydrogens is 158 g/mol. The molecule has 1 rings (SSSR count). The SMILES string of the molecule is CCCCNC1CCCC(CC)C1. The minimum absolute atomic E-state index is 0.838. The van der Waals surface area contributed by atoms with Crippen molar-refractivity contribution in [2.24, 2.45) is 5.92 Å². The Morgan fingerprint density at radius 1 is 1.23 bits per heavy atom. The van der Waals surface area contributed by atoms with Gasteiger partial charge in [-0.3, -0.25) is 0 Å². The molecule has 0 aromatic rings. The van der Waals surface area contributed by atoms with Crippen LogP contribution >= 0.6 is 0 Å². The normalized spacial score (nSPS) is 29.1. The Kier molecular flexibility index (Phi) is 5.45. The van der Waals surface area contributed by atoms with E-state index in [2.05, 4.69) is 19.2 Å². The van der Waals surface area contributed by atoms with Crippen LogP contribution in [0.25, 0.3) is 0 Å². The lowest BCUT2D eigenvalue weighted by Crippen LogP contribution is -2.34. The molecule has 0 saturated heterocycles. The quantitative estimate of drug-likeness (QED) is 0.645. The zero-order chi connectivity index (χ0) is 9.52.